The highest BCUT2D eigenvalue weighted by molar-refractivity contribution is 7.16. The number of allylic oxidation sites excluding steroid dienone is 2. The molecule has 25 heavy (non-hydrogen) atoms. The summed E-state index contributed by atoms with van der Waals surface area (Å²) in [5.74, 6) is -1.88. The number of carbonyl (C=O) groups is 2. The Hall–Kier alpha value is -2.13. The molecule has 1 aromatic rings. The third-order valence-electron chi connectivity index (χ3n) is 5.38. The van der Waals surface area contributed by atoms with Crippen LogP contribution in [0, 0.1) is 29.1 Å². The zero-order valence-corrected chi connectivity index (χ0v) is 15.1. The van der Waals surface area contributed by atoms with Crippen LogP contribution in [0.5, 0.6) is 0 Å². The van der Waals surface area contributed by atoms with E-state index in [-0.39, 0.29) is 5.91 Å². The number of rotatable bonds is 4. The molecule has 0 bridgehead atoms. The number of carboxylic acid groups (broad SMARTS) is 1. The first kappa shape index (κ1) is 17.7. The zero-order valence-electron chi connectivity index (χ0n) is 14.2. The van der Waals surface area contributed by atoms with Crippen molar-refractivity contribution in [3.8, 4) is 6.07 Å². The molecule has 3 atom stereocenters. The lowest BCUT2D eigenvalue weighted by Gasteiger charge is -2.23. The molecule has 2 aliphatic rings. The van der Waals surface area contributed by atoms with Gasteiger partial charge in [0.05, 0.1) is 17.4 Å². The molecule has 0 unspecified atom stereocenters. The fourth-order valence-electron chi connectivity index (χ4n) is 3.79. The van der Waals surface area contributed by atoms with Crippen molar-refractivity contribution < 1.29 is 14.7 Å². The monoisotopic (exact) mass is 358 g/mol. The minimum absolute atomic E-state index is 0.293. The maximum absolute atomic E-state index is 12.7. The van der Waals surface area contributed by atoms with E-state index in [1.807, 2.05) is 12.2 Å². The Bertz CT molecular complexity index is 759. The number of carbonyl (C=O) groups excluding carboxylic acids is 1. The third kappa shape index (κ3) is 3.47. The molecule has 0 fully saturated rings. The molecule has 0 saturated carbocycles. The largest absolute Gasteiger partial charge is 0.481 e. The molecule has 5 nitrogen and oxygen atoms in total. The molecule has 1 aromatic heterocycles. The van der Waals surface area contributed by atoms with Crippen molar-refractivity contribution in [3.63, 3.8) is 0 Å². The lowest BCUT2D eigenvalue weighted by atomic mass is 9.82. The van der Waals surface area contributed by atoms with Crippen LogP contribution in [-0.4, -0.2) is 17.0 Å². The van der Waals surface area contributed by atoms with Crippen molar-refractivity contribution in [2.75, 3.05) is 5.32 Å². The highest BCUT2D eigenvalue weighted by Gasteiger charge is 2.35. The molecule has 1 amide bonds. The molecular weight excluding hydrogens is 336 g/mol. The number of carboxylic acids is 1. The summed E-state index contributed by atoms with van der Waals surface area (Å²) < 4.78 is 0. The number of nitrogens with one attached hydrogen (secondary N) is 1. The molecule has 3 rings (SSSR count). The number of aliphatic carboxylic acids is 1. The van der Waals surface area contributed by atoms with Crippen LogP contribution < -0.4 is 5.32 Å². The minimum atomic E-state index is -0.943. The maximum atomic E-state index is 12.7. The van der Waals surface area contributed by atoms with Crippen molar-refractivity contribution in [1.82, 2.24) is 0 Å². The first-order chi connectivity index (χ1) is 12.0. The quantitative estimate of drug-likeness (QED) is 0.802. The van der Waals surface area contributed by atoms with E-state index < -0.39 is 17.8 Å². The van der Waals surface area contributed by atoms with E-state index in [1.165, 1.54) is 16.2 Å². The van der Waals surface area contributed by atoms with Gasteiger partial charge in [-0.3, -0.25) is 9.59 Å². The molecule has 0 saturated heterocycles. The van der Waals surface area contributed by atoms with Gasteiger partial charge in [-0.1, -0.05) is 25.5 Å². The van der Waals surface area contributed by atoms with Gasteiger partial charge in [0.15, 0.2) is 0 Å². The Kier molecular flexibility index (Phi) is 5.24. The Balaban J connectivity index is 1.82. The number of anilines is 1. The number of fused-ring (bicyclic) bond motifs is 1. The summed E-state index contributed by atoms with van der Waals surface area (Å²) in [5.41, 5.74) is 1.65. The van der Waals surface area contributed by atoms with E-state index in [0.717, 1.165) is 31.2 Å². The zero-order chi connectivity index (χ0) is 18.0. The van der Waals surface area contributed by atoms with Crippen molar-refractivity contribution in [1.29, 1.82) is 5.26 Å². The molecule has 0 aromatic carbocycles. The summed E-state index contributed by atoms with van der Waals surface area (Å²) in [6.45, 7) is 2.18. The molecule has 0 radical (unpaired) electrons. The number of nitrogens with zero attached hydrogens (tertiary/aromatic N) is 1. The average molecular weight is 358 g/mol. The van der Waals surface area contributed by atoms with Gasteiger partial charge in [-0.2, -0.15) is 5.26 Å². The van der Waals surface area contributed by atoms with Gasteiger partial charge in [-0.15, -0.1) is 11.3 Å². The number of amides is 1. The summed E-state index contributed by atoms with van der Waals surface area (Å²) in [6, 6.07) is 2.24. The third-order valence-corrected chi connectivity index (χ3v) is 6.55. The smallest absolute Gasteiger partial charge is 0.307 e. The van der Waals surface area contributed by atoms with Crippen LogP contribution in [0.15, 0.2) is 12.2 Å². The molecule has 2 aliphatic carbocycles. The predicted octanol–water partition coefficient (Wildman–Crippen LogP) is 3.74. The number of hydrogen-bond acceptors (Lipinski definition) is 4. The Morgan fingerprint density at radius 3 is 2.72 bits per heavy atom. The van der Waals surface area contributed by atoms with Crippen LogP contribution in [0.1, 0.15) is 48.6 Å². The summed E-state index contributed by atoms with van der Waals surface area (Å²) in [6.07, 6.45) is 8.52. The first-order valence-corrected chi connectivity index (χ1v) is 9.60. The second-order valence-electron chi connectivity index (χ2n) is 6.82. The fourth-order valence-corrected chi connectivity index (χ4v) is 5.11. The van der Waals surface area contributed by atoms with E-state index in [4.69, 9.17) is 0 Å². The summed E-state index contributed by atoms with van der Waals surface area (Å²) in [5, 5.41) is 22.4. The van der Waals surface area contributed by atoms with Crippen LogP contribution in [0.4, 0.5) is 5.00 Å². The Morgan fingerprint density at radius 1 is 1.36 bits per heavy atom. The standard InChI is InChI=1S/C19H22N2O3S/c1-2-11-7-8-12-15(10-20)18(25-16(12)9-11)21-17(22)13-5-3-4-6-14(13)19(23)24/h3-4,11,13-14H,2,5-9H2,1H3,(H,21,22)(H,23,24)/t11-,13-,14+/m1/s1. The van der Waals surface area contributed by atoms with E-state index >= 15 is 0 Å². The van der Waals surface area contributed by atoms with Crippen molar-refractivity contribution >= 4 is 28.2 Å². The van der Waals surface area contributed by atoms with E-state index in [1.54, 1.807) is 0 Å². The highest BCUT2D eigenvalue weighted by atomic mass is 32.1. The first-order valence-electron chi connectivity index (χ1n) is 8.78. The van der Waals surface area contributed by atoms with Crippen molar-refractivity contribution in [3.05, 3.63) is 28.2 Å². The predicted molar refractivity (Wildman–Crippen MR) is 96.5 cm³/mol. The molecule has 2 N–H and O–H groups in total. The topological polar surface area (TPSA) is 90.2 Å². The molecule has 0 aliphatic heterocycles. The lowest BCUT2D eigenvalue weighted by molar-refractivity contribution is -0.146. The number of hydrogen-bond donors (Lipinski definition) is 2. The Labute approximate surface area is 151 Å². The minimum Gasteiger partial charge on any atom is -0.481 e. The molecular formula is C19H22N2O3S. The molecule has 6 heteroatoms. The van der Waals surface area contributed by atoms with Crippen LogP contribution in [-0.2, 0) is 22.4 Å². The average Bonchev–Trinajstić information content (AvgIpc) is 2.97. The maximum Gasteiger partial charge on any atom is 0.307 e. The second kappa shape index (κ2) is 7.40. The molecule has 132 valence electrons. The molecule has 1 heterocycles. The van der Waals surface area contributed by atoms with Crippen LogP contribution in [0.2, 0.25) is 0 Å². The fraction of sp³-hybridized carbons (Fsp3) is 0.526. The highest BCUT2D eigenvalue weighted by Crippen LogP contribution is 2.40. The van der Waals surface area contributed by atoms with Gasteiger partial charge in [0.2, 0.25) is 5.91 Å². The van der Waals surface area contributed by atoms with Gasteiger partial charge in [-0.25, -0.2) is 0 Å². The van der Waals surface area contributed by atoms with E-state index in [2.05, 4.69) is 18.3 Å². The van der Waals surface area contributed by atoms with Gasteiger partial charge in [-0.05, 0) is 43.6 Å². The van der Waals surface area contributed by atoms with Gasteiger partial charge in [0, 0.05) is 4.88 Å². The number of thiophene rings is 1. The summed E-state index contributed by atoms with van der Waals surface area (Å²) in [7, 11) is 0. The van der Waals surface area contributed by atoms with E-state index in [0.29, 0.717) is 29.3 Å². The van der Waals surface area contributed by atoms with E-state index in [9.17, 15) is 20.0 Å². The number of nitriles is 1. The Morgan fingerprint density at radius 2 is 2.08 bits per heavy atom. The molecule has 0 spiro atoms. The SMILES string of the molecule is CC[C@@H]1CCc2c(sc(NC(=O)[C@@H]3CC=CC[C@@H]3C(=O)O)c2C#N)C1. The van der Waals surface area contributed by atoms with Crippen LogP contribution in [0.25, 0.3) is 0 Å². The van der Waals surface area contributed by atoms with Gasteiger partial charge >= 0.3 is 5.97 Å². The van der Waals surface area contributed by atoms with Gasteiger partial charge < -0.3 is 10.4 Å². The summed E-state index contributed by atoms with van der Waals surface area (Å²) >= 11 is 1.49. The van der Waals surface area contributed by atoms with Crippen LogP contribution >= 0.6 is 11.3 Å². The lowest BCUT2D eigenvalue weighted by Crippen LogP contribution is -2.34. The summed E-state index contributed by atoms with van der Waals surface area (Å²) in [4.78, 5) is 25.3. The van der Waals surface area contributed by atoms with Crippen molar-refractivity contribution in [2.24, 2.45) is 17.8 Å². The second-order valence-corrected chi connectivity index (χ2v) is 7.93. The van der Waals surface area contributed by atoms with Crippen LogP contribution in [0.3, 0.4) is 0 Å². The van der Waals surface area contributed by atoms with Gasteiger partial charge in [0.25, 0.3) is 0 Å². The normalized spacial score (nSPS) is 25.0. The van der Waals surface area contributed by atoms with Gasteiger partial charge in [0.1, 0.15) is 11.1 Å². The van der Waals surface area contributed by atoms with Crippen molar-refractivity contribution in [2.45, 2.75) is 45.4 Å².